The molecule has 172 valence electrons. The van der Waals surface area contributed by atoms with Crippen LogP contribution in [0, 0.1) is 11.8 Å². The summed E-state index contributed by atoms with van der Waals surface area (Å²) < 4.78 is 14.9. The van der Waals surface area contributed by atoms with Crippen LogP contribution < -0.4 is 21.6 Å². The second kappa shape index (κ2) is 8.24. The van der Waals surface area contributed by atoms with Gasteiger partial charge in [-0.25, -0.2) is 4.79 Å². The Bertz CT molecular complexity index is 1190. The minimum Gasteiger partial charge on any atom is -0.405 e. The highest BCUT2D eigenvalue weighted by molar-refractivity contribution is 6.99. The predicted molar refractivity (Wildman–Crippen MR) is 130 cm³/mol. The minimum atomic E-state index is -2.64. The number of hydrogen-bond donors (Lipinski definition) is 1. The fourth-order valence-corrected chi connectivity index (χ4v) is 9.97. The van der Waals surface area contributed by atoms with Crippen molar-refractivity contribution in [3.8, 4) is 0 Å². The summed E-state index contributed by atoms with van der Waals surface area (Å²) in [6.45, 7) is 7.26. The largest absolute Gasteiger partial charge is 0.405 e. The van der Waals surface area contributed by atoms with Gasteiger partial charge in [0.2, 0.25) is 0 Å². The number of fused-ring (bicyclic) bond motifs is 1. The van der Waals surface area contributed by atoms with Gasteiger partial charge in [-0.15, -0.1) is 0 Å². The molecule has 3 aromatic rings. The van der Waals surface area contributed by atoms with E-state index >= 15 is 0 Å². The number of H-pyrrole nitrogens is 1. The number of hydrogen-bond acceptors (Lipinski definition) is 4. The van der Waals surface area contributed by atoms with E-state index in [0.717, 1.165) is 6.42 Å². The highest BCUT2D eigenvalue weighted by Crippen LogP contribution is 2.56. The van der Waals surface area contributed by atoms with Crippen molar-refractivity contribution < 1.29 is 9.16 Å². The molecule has 0 spiro atoms. The van der Waals surface area contributed by atoms with Gasteiger partial charge in [-0.2, -0.15) is 0 Å². The van der Waals surface area contributed by atoms with Gasteiger partial charge >= 0.3 is 5.69 Å². The van der Waals surface area contributed by atoms with Gasteiger partial charge in [0.15, 0.2) is 0 Å². The first-order chi connectivity index (χ1) is 15.8. The van der Waals surface area contributed by atoms with E-state index in [9.17, 15) is 9.59 Å². The minimum absolute atomic E-state index is 0.0829. The lowest BCUT2D eigenvalue weighted by atomic mass is 10.2. The lowest BCUT2D eigenvalue weighted by molar-refractivity contribution is -0.0488. The van der Waals surface area contributed by atoms with Crippen molar-refractivity contribution in [2.45, 2.75) is 44.6 Å². The van der Waals surface area contributed by atoms with Crippen LogP contribution in [0.25, 0.3) is 0 Å². The van der Waals surface area contributed by atoms with Crippen molar-refractivity contribution in [1.29, 1.82) is 0 Å². The highest BCUT2D eigenvalue weighted by atomic mass is 28.4. The van der Waals surface area contributed by atoms with E-state index in [0.29, 0.717) is 12.5 Å². The molecule has 1 saturated carbocycles. The fraction of sp³-hybridized carbons (Fsp3) is 0.385. The Hall–Kier alpha value is -2.74. The molecule has 1 aliphatic heterocycles. The van der Waals surface area contributed by atoms with Crippen LogP contribution in [0.3, 0.4) is 0 Å². The lowest BCUT2D eigenvalue weighted by Crippen LogP contribution is -2.67. The summed E-state index contributed by atoms with van der Waals surface area (Å²) in [6.07, 6.45) is 2.10. The van der Waals surface area contributed by atoms with Crippen molar-refractivity contribution in [3.63, 3.8) is 0 Å². The third-order valence-electron chi connectivity index (χ3n) is 7.06. The Kier molecular flexibility index (Phi) is 5.51. The van der Waals surface area contributed by atoms with E-state index < -0.39 is 19.6 Å². The Morgan fingerprint density at radius 1 is 0.970 bits per heavy atom. The van der Waals surface area contributed by atoms with Gasteiger partial charge in [0.1, 0.15) is 6.23 Å². The van der Waals surface area contributed by atoms with E-state index in [1.807, 2.05) is 12.1 Å². The highest BCUT2D eigenvalue weighted by Gasteiger charge is 2.58. The number of nitrogens with one attached hydrogen (secondary N) is 1. The molecule has 1 aliphatic carbocycles. The summed E-state index contributed by atoms with van der Waals surface area (Å²) in [5.74, 6) is 0.647. The molecule has 4 atom stereocenters. The molecular formula is C26H30N2O4Si. The van der Waals surface area contributed by atoms with Crippen LogP contribution in [0.15, 0.2) is 82.5 Å². The number of benzene rings is 2. The second-order valence-corrected chi connectivity index (χ2v) is 14.4. The van der Waals surface area contributed by atoms with Crippen molar-refractivity contribution in [2.75, 3.05) is 6.61 Å². The number of rotatable bonds is 6. The van der Waals surface area contributed by atoms with Gasteiger partial charge < -0.3 is 9.16 Å². The standard InChI is InChI=1S/C26H30N2O4Si/c1-26(2,3)33(18-10-6-4-7-11-18,19-12-8-5-9-13-19)31-17-22-20-16-21(20)24(32-22)28-15-14-23(29)27-25(28)30/h4-15,20-22,24H,16-17H2,1-3H3,(H,27,29,30)/t20-,21+,22-,24+/m1/s1. The first kappa shape index (κ1) is 22.1. The van der Waals surface area contributed by atoms with Crippen LogP contribution in [0.1, 0.15) is 33.4 Å². The predicted octanol–water partition coefficient (Wildman–Crippen LogP) is 2.65. The quantitative estimate of drug-likeness (QED) is 0.572. The summed E-state index contributed by atoms with van der Waals surface area (Å²) >= 11 is 0. The first-order valence-electron chi connectivity index (χ1n) is 11.5. The van der Waals surface area contributed by atoms with Crippen molar-refractivity contribution in [2.24, 2.45) is 11.8 Å². The normalized spacial score (nSPS) is 24.5. The van der Waals surface area contributed by atoms with E-state index in [2.05, 4.69) is 74.3 Å². The van der Waals surface area contributed by atoms with Crippen LogP contribution in [0.2, 0.25) is 5.04 Å². The van der Waals surface area contributed by atoms with Crippen LogP contribution >= 0.6 is 0 Å². The number of aromatic amines is 1. The molecule has 1 aromatic heterocycles. The SMILES string of the molecule is CC(C)(C)[Si](OC[C@H]1O[C@H](n2ccc(=O)[nH]c2=O)[C@H]2C[C@H]21)(c1ccccc1)c1ccccc1. The molecule has 1 saturated heterocycles. The number of nitrogens with zero attached hydrogens (tertiary/aromatic N) is 1. The van der Waals surface area contributed by atoms with Crippen LogP contribution in [0.4, 0.5) is 0 Å². The summed E-state index contributed by atoms with van der Waals surface area (Å²) in [6, 6.07) is 22.5. The zero-order valence-corrected chi connectivity index (χ0v) is 20.2. The molecule has 1 N–H and O–H groups in total. The van der Waals surface area contributed by atoms with E-state index in [-0.39, 0.29) is 23.3 Å². The van der Waals surface area contributed by atoms with Gasteiger partial charge in [-0.1, -0.05) is 81.4 Å². The molecule has 0 unspecified atom stereocenters. The molecule has 2 heterocycles. The molecule has 6 nitrogen and oxygen atoms in total. The van der Waals surface area contributed by atoms with Crippen LogP contribution in [-0.2, 0) is 9.16 Å². The molecule has 33 heavy (non-hydrogen) atoms. The average molecular weight is 463 g/mol. The monoisotopic (exact) mass is 462 g/mol. The molecular weight excluding hydrogens is 432 g/mol. The zero-order chi connectivity index (χ0) is 23.2. The molecule has 2 aliphatic rings. The number of aromatic nitrogens is 2. The summed E-state index contributed by atoms with van der Waals surface area (Å²) in [5.41, 5.74) is -0.820. The first-order valence-corrected chi connectivity index (χ1v) is 13.4. The van der Waals surface area contributed by atoms with Crippen molar-refractivity contribution in [3.05, 3.63) is 93.8 Å². The number of ether oxygens (including phenoxy) is 1. The van der Waals surface area contributed by atoms with Crippen LogP contribution in [-0.4, -0.2) is 30.6 Å². The molecule has 2 aromatic carbocycles. The Morgan fingerprint density at radius 2 is 1.58 bits per heavy atom. The van der Waals surface area contributed by atoms with E-state index in [4.69, 9.17) is 9.16 Å². The Morgan fingerprint density at radius 3 is 2.12 bits per heavy atom. The van der Waals surface area contributed by atoms with E-state index in [1.165, 1.54) is 27.2 Å². The lowest BCUT2D eigenvalue weighted by Gasteiger charge is -2.43. The second-order valence-electron chi connectivity index (χ2n) is 10.1. The maximum absolute atomic E-state index is 12.3. The van der Waals surface area contributed by atoms with Crippen LogP contribution in [0.5, 0.6) is 0 Å². The van der Waals surface area contributed by atoms with Crippen molar-refractivity contribution in [1.82, 2.24) is 9.55 Å². The van der Waals surface area contributed by atoms with Gasteiger partial charge in [0.25, 0.3) is 13.9 Å². The summed E-state index contributed by atoms with van der Waals surface area (Å²) in [7, 11) is -2.64. The van der Waals surface area contributed by atoms with Gasteiger partial charge in [0.05, 0.1) is 12.7 Å². The molecule has 7 heteroatoms. The topological polar surface area (TPSA) is 73.3 Å². The summed E-state index contributed by atoms with van der Waals surface area (Å²) in [5, 5.41) is 2.37. The third-order valence-corrected chi connectivity index (χ3v) is 12.1. The van der Waals surface area contributed by atoms with E-state index in [1.54, 1.807) is 0 Å². The molecule has 5 rings (SSSR count). The molecule has 2 fully saturated rings. The molecule has 0 radical (unpaired) electrons. The van der Waals surface area contributed by atoms with Gasteiger partial charge in [-0.3, -0.25) is 14.3 Å². The van der Waals surface area contributed by atoms with Gasteiger partial charge in [-0.05, 0) is 27.8 Å². The zero-order valence-electron chi connectivity index (χ0n) is 19.2. The summed E-state index contributed by atoms with van der Waals surface area (Å²) in [4.78, 5) is 26.1. The Labute approximate surface area is 194 Å². The molecule has 0 amide bonds. The molecule has 0 bridgehead atoms. The van der Waals surface area contributed by atoms with Gasteiger partial charge in [0, 0.05) is 18.2 Å². The average Bonchev–Trinajstić information content (AvgIpc) is 3.51. The maximum Gasteiger partial charge on any atom is 0.330 e. The fourth-order valence-electron chi connectivity index (χ4n) is 5.40. The maximum atomic E-state index is 12.3. The third kappa shape index (κ3) is 3.84. The van der Waals surface area contributed by atoms with Crippen molar-refractivity contribution >= 4 is 18.7 Å². The Balaban J connectivity index is 1.46. The smallest absolute Gasteiger partial charge is 0.330 e.